The van der Waals surface area contributed by atoms with Crippen LogP contribution >= 0.6 is 0 Å². The number of aliphatic hydroxyl groups is 1. The zero-order valence-corrected chi connectivity index (χ0v) is 12.2. The van der Waals surface area contributed by atoms with Crippen molar-refractivity contribution in [3.8, 4) is 5.82 Å². The van der Waals surface area contributed by atoms with E-state index in [9.17, 15) is 4.79 Å². The van der Waals surface area contributed by atoms with Crippen LogP contribution in [0.2, 0.25) is 0 Å². The summed E-state index contributed by atoms with van der Waals surface area (Å²) in [5.41, 5.74) is 0.345. The van der Waals surface area contributed by atoms with E-state index in [1.54, 1.807) is 18.5 Å². The third-order valence-corrected chi connectivity index (χ3v) is 3.18. The monoisotopic (exact) mass is 289 g/mol. The summed E-state index contributed by atoms with van der Waals surface area (Å²) in [7, 11) is 0. The molecule has 7 heteroatoms. The molecule has 2 N–H and O–H groups in total. The SMILES string of the molecule is CC(C)(CCO)CNC(=O)c1ccc(-n2cncn2)nc1. The van der Waals surface area contributed by atoms with Crippen LogP contribution in [-0.4, -0.2) is 43.9 Å². The molecule has 21 heavy (non-hydrogen) atoms. The zero-order valence-electron chi connectivity index (χ0n) is 12.2. The summed E-state index contributed by atoms with van der Waals surface area (Å²) >= 11 is 0. The molecule has 0 radical (unpaired) electrons. The van der Waals surface area contributed by atoms with Crippen LogP contribution in [0.1, 0.15) is 30.6 Å². The Labute approximate surface area is 123 Å². The number of hydrogen-bond donors (Lipinski definition) is 2. The Morgan fingerprint density at radius 1 is 1.43 bits per heavy atom. The number of rotatable bonds is 6. The highest BCUT2D eigenvalue weighted by Gasteiger charge is 2.18. The second-order valence-corrected chi connectivity index (χ2v) is 5.57. The summed E-state index contributed by atoms with van der Waals surface area (Å²) in [4.78, 5) is 20.1. The van der Waals surface area contributed by atoms with Gasteiger partial charge in [-0.05, 0) is 24.0 Å². The summed E-state index contributed by atoms with van der Waals surface area (Å²) < 4.78 is 1.52. The predicted molar refractivity (Wildman–Crippen MR) is 77.0 cm³/mol. The summed E-state index contributed by atoms with van der Waals surface area (Å²) in [6.45, 7) is 4.60. The number of nitrogens with zero attached hydrogens (tertiary/aromatic N) is 4. The van der Waals surface area contributed by atoms with Crippen molar-refractivity contribution >= 4 is 5.91 Å². The molecule has 2 aromatic heterocycles. The van der Waals surface area contributed by atoms with Crippen molar-refractivity contribution in [3.63, 3.8) is 0 Å². The molecule has 0 bridgehead atoms. The van der Waals surface area contributed by atoms with Crippen LogP contribution in [0.4, 0.5) is 0 Å². The van der Waals surface area contributed by atoms with Gasteiger partial charge in [0.1, 0.15) is 12.7 Å². The van der Waals surface area contributed by atoms with Crippen molar-refractivity contribution < 1.29 is 9.90 Å². The minimum Gasteiger partial charge on any atom is -0.396 e. The molecular formula is C14H19N5O2. The zero-order chi connectivity index (χ0) is 15.3. The van der Waals surface area contributed by atoms with Crippen molar-refractivity contribution in [1.82, 2.24) is 25.1 Å². The molecule has 0 saturated carbocycles. The van der Waals surface area contributed by atoms with Gasteiger partial charge >= 0.3 is 0 Å². The molecule has 7 nitrogen and oxygen atoms in total. The first-order valence-corrected chi connectivity index (χ1v) is 6.72. The highest BCUT2D eigenvalue weighted by Crippen LogP contribution is 2.18. The van der Waals surface area contributed by atoms with E-state index in [1.807, 2.05) is 13.8 Å². The summed E-state index contributed by atoms with van der Waals surface area (Å²) in [6.07, 6.45) is 5.10. The lowest BCUT2D eigenvalue weighted by Gasteiger charge is -2.23. The van der Waals surface area contributed by atoms with E-state index >= 15 is 0 Å². The number of pyridine rings is 1. The van der Waals surface area contributed by atoms with Gasteiger partial charge in [0.25, 0.3) is 5.91 Å². The number of carbonyl (C=O) groups excluding carboxylic acids is 1. The normalized spacial score (nSPS) is 11.4. The summed E-state index contributed by atoms with van der Waals surface area (Å²) in [6, 6.07) is 3.40. The van der Waals surface area contributed by atoms with E-state index < -0.39 is 0 Å². The van der Waals surface area contributed by atoms with Crippen molar-refractivity contribution in [2.24, 2.45) is 5.41 Å². The molecule has 0 aliphatic heterocycles. The molecule has 112 valence electrons. The molecule has 0 unspecified atom stereocenters. The highest BCUT2D eigenvalue weighted by atomic mass is 16.3. The van der Waals surface area contributed by atoms with Crippen LogP contribution in [0.3, 0.4) is 0 Å². The third-order valence-electron chi connectivity index (χ3n) is 3.18. The van der Waals surface area contributed by atoms with Crippen molar-refractivity contribution in [1.29, 1.82) is 0 Å². The maximum absolute atomic E-state index is 12.0. The van der Waals surface area contributed by atoms with Gasteiger partial charge in [0.05, 0.1) is 5.56 Å². The van der Waals surface area contributed by atoms with Gasteiger partial charge < -0.3 is 10.4 Å². The molecule has 0 aromatic carbocycles. The summed E-state index contributed by atoms with van der Waals surface area (Å²) in [5, 5.41) is 15.8. The molecule has 0 fully saturated rings. The number of aromatic nitrogens is 4. The molecule has 0 atom stereocenters. The van der Waals surface area contributed by atoms with Crippen molar-refractivity contribution in [3.05, 3.63) is 36.5 Å². The molecule has 2 rings (SSSR count). The maximum Gasteiger partial charge on any atom is 0.252 e. The predicted octanol–water partition coefficient (Wildman–Crippen LogP) is 0.801. The Kier molecular flexibility index (Phi) is 4.64. The fourth-order valence-corrected chi connectivity index (χ4v) is 1.80. The van der Waals surface area contributed by atoms with Crippen molar-refractivity contribution in [2.45, 2.75) is 20.3 Å². The molecule has 2 heterocycles. The van der Waals surface area contributed by atoms with Crippen LogP contribution in [0.25, 0.3) is 5.82 Å². The largest absolute Gasteiger partial charge is 0.396 e. The van der Waals surface area contributed by atoms with Gasteiger partial charge in [0.15, 0.2) is 5.82 Å². The first kappa shape index (κ1) is 15.1. The summed E-state index contributed by atoms with van der Waals surface area (Å²) in [5.74, 6) is 0.420. The van der Waals surface area contributed by atoms with Gasteiger partial charge in [-0.15, -0.1) is 0 Å². The average Bonchev–Trinajstić information content (AvgIpc) is 2.99. The van der Waals surface area contributed by atoms with Crippen LogP contribution < -0.4 is 5.32 Å². The standard InChI is InChI=1S/C14H19N5O2/c1-14(2,5-6-20)8-17-13(21)11-3-4-12(16-7-11)19-10-15-9-18-19/h3-4,7,9-10,20H,5-6,8H2,1-2H3,(H,17,21). The molecule has 0 spiro atoms. The first-order valence-electron chi connectivity index (χ1n) is 6.72. The quantitative estimate of drug-likeness (QED) is 0.820. The van der Waals surface area contributed by atoms with E-state index in [0.717, 1.165) is 0 Å². The molecule has 0 aliphatic carbocycles. The maximum atomic E-state index is 12.0. The van der Waals surface area contributed by atoms with Crippen LogP contribution in [-0.2, 0) is 0 Å². The Bertz CT molecular complexity index is 578. The van der Waals surface area contributed by atoms with E-state index in [-0.39, 0.29) is 17.9 Å². The molecule has 1 amide bonds. The smallest absolute Gasteiger partial charge is 0.252 e. The number of aliphatic hydroxyl groups excluding tert-OH is 1. The van der Waals surface area contributed by atoms with Gasteiger partial charge in [0, 0.05) is 19.3 Å². The second-order valence-electron chi connectivity index (χ2n) is 5.57. The Morgan fingerprint density at radius 3 is 2.81 bits per heavy atom. The minimum absolute atomic E-state index is 0.108. The van der Waals surface area contributed by atoms with Crippen LogP contribution in [0.5, 0.6) is 0 Å². The number of nitrogens with one attached hydrogen (secondary N) is 1. The Morgan fingerprint density at radius 2 is 2.24 bits per heavy atom. The second kappa shape index (κ2) is 6.45. The van der Waals surface area contributed by atoms with E-state index in [1.165, 1.54) is 17.2 Å². The minimum atomic E-state index is -0.182. The Hall–Kier alpha value is -2.28. The fourth-order valence-electron chi connectivity index (χ4n) is 1.80. The lowest BCUT2D eigenvalue weighted by atomic mass is 9.90. The van der Waals surface area contributed by atoms with Crippen LogP contribution in [0, 0.1) is 5.41 Å². The van der Waals surface area contributed by atoms with Crippen molar-refractivity contribution in [2.75, 3.05) is 13.2 Å². The van der Waals surface area contributed by atoms with Crippen LogP contribution in [0.15, 0.2) is 31.0 Å². The van der Waals surface area contributed by atoms with Gasteiger partial charge in [-0.3, -0.25) is 4.79 Å². The van der Waals surface area contributed by atoms with E-state index in [2.05, 4.69) is 20.4 Å². The van der Waals surface area contributed by atoms with Gasteiger partial charge in [-0.2, -0.15) is 5.10 Å². The fraction of sp³-hybridized carbons (Fsp3) is 0.429. The van der Waals surface area contributed by atoms with Gasteiger partial charge in [0.2, 0.25) is 0 Å². The molecule has 0 aliphatic rings. The Balaban J connectivity index is 1.97. The number of amides is 1. The number of carbonyl (C=O) groups is 1. The molecule has 2 aromatic rings. The van der Waals surface area contributed by atoms with E-state index in [0.29, 0.717) is 24.3 Å². The highest BCUT2D eigenvalue weighted by molar-refractivity contribution is 5.93. The van der Waals surface area contributed by atoms with Gasteiger partial charge in [-0.25, -0.2) is 14.6 Å². The average molecular weight is 289 g/mol. The van der Waals surface area contributed by atoms with E-state index in [4.69, 9.17) is 5.11 Å². The number of hydrogen-bond acceptors (Lipinski definition) is 5. The molecule has 0 saturated heterocycles. The third kappa shape index (κ3) is 4.09. The topological polar surface area (TPSA) is 92.9 Å². The van der Waals surface area contributed by atoms with Gasteiger partial charge in [-0.1, -0.05) is 13.8 Å². The first-order chi connectivity index (χ1) is 10.0. The lowest BCUT2D eigenvalue weighted by Crippen LogP contribution is -2.34. The molecular weight excluding hydrogens is 270 g/mol. The lowest BCUT2D eigenvalue weighted by molar-refractivity contribution is 0.0928.